The van der Waals surface area contributed by atoms with Gasteiger partial charge in [0.1, 0.15) is 11.5 Å². The number of hydrogen-bond acceptors (Lipinski definition) is 4. The van der Waals surface area contributed by atoms with Gasteiger partial charge in [-0.05, 0) is 53.6 Å². The molecule has 0 unspecified atom stereocenters. The van der Waals surface area contributed by atoms with Gasteiger partial charge in [-0.2, -0.15) is 0 Å². The zero-order chi connectivity index (χ0) is 16.2. The van der Waals surface area contributed by atoms with Crippen LogP contribution in [0.5, 0.6) is 11.5 Å². The van der Waals surface area contributed by atoms with E-state index in [-0.39, 0.29) is 6.61 Å². The van der Waals surface area contributed by atoms with Gasteiger partial charge in [-0.15, -0.1) is 11.3 Å². The van der Waals surface area contributed by atoms with E-state index in [0.29, 0.717) is 5.75 Å². The van der Waals surface area contributed by atoms with Gasteiger partial charge in [-0.3, -0.25) is 0 Å². The molecular formula is C19H18O3S. The van der Waals surface area contributed by atoms with Gasteiger partial charge in [0.05, 0.1) is 20.8 Å². The molecule has 0 bridgehead atoms. The van der Waals surface area contributed by atoms with Crippen molar-refractivity contribution in [3.8, 4) is 32.4 Å². The number of thiophene rings is 1. The summed E-state index contributed by atoms with van der Waals surface area (Å²) in [5, 5.41) is 9.47. The molecule has 3 aromatic rings. The molecule has 0 aliphatic rings. The first-order chi connectivity index (χ1) is 11.2. The van der Waals surface area contributed by atoms with Crippen molar-refractivity contribution in [2.24, 2.45) is 0 Å². The van der Waals surface area contributed by atoms with Crippen LogP contribution >= 0.6 is 11.3 Å². The minimum absolute atomic E-state index is 0.0366. The average molecular weight is 326 g/mol. The first-order valence-corrected chi connectivity index (χ1v) is 8.09. The Morgan fingerprint density at radius 2 is 1.61 bits per heavy atom. The second-order valence-corrected chi connectivity index (χ2v) is 6.16. The lowest BCUT2D eigenvalue weighted by molar-refractivity contribution is 0.274. The van der Waals surface area contributed by atoms with Crippen LogP contribution in [0, 0.1) is 0 Å². The van der Waals surface area contributed by atoms with Crippen LogP contribution in [0.4, 0.5) is 0 Å². The molecule has 0 atom stereocenters. The Hall–Kier alpha value is -2.30. The summed E-state index contributed by atoms with van der Waals surface area (Å²) in [4.78, 5) is 2.33. The van der Waals surface area contributed by atoms with E-state index in [2.05, 4.69) is 18.2 Å². The van der Waals surface area contributed by atoms with E-state index in [0.717, 1.165) is 27.3 Å². The van der Waals surface area contributed by atoms with Crippen LogP contribution in [0.15, 0.2) is 54.6 Å². The summed E-state index contributed by atoms with van der Waals surface area (Å²) < 4.78 is 10.5. The lowest BCUT2D eigenvalue weighted by Crippen LogP contribution is -1.91. The molecule has 2 aromatic carbocycles. The smallest absolute Gasteiger partial charge is 0.124 e. The largest absolute Gasteiger partial charge is 0.497 e. The normalized spacial score (nSPS) is 10.6. The third-order valence-electron chi connectivity index (χ3n) is 3.70. The average Bonchev–Trinajstić information content (AvgIpc) is 3.11. The molecule has 0 radical (unpaired) electrons. The van der Waals surface area contributed by atoms with Crippen molar-refractivity contribution < 1.29 is 14.6 Å². The van der Waals surface area contributed by atoms with Crippen LogP contribution in [0.1, 0.15) is 5.56 Å². The molecule has 0 saturated carbocycles. The third kappa shape index (κ3) is 3.23. The van der Waals surface area contributed by atoms with E-state index in [1.54, 1.807) is 25.6 Å². The summed E-state index contributed by atoms with van der Waals surface area (Å²) in [5.74, 6) is 1.56. The molecule has 118 valence electrons. The minimum atomic E-state index is -0.0366. The number of benzene rings is 2. The van der Waals surface area contributed by atoms with Crippen molar-refractivity contribution in [3.05, 3.63) is 60.2 Å². The maximum absolute atomic E-state index is 9.47. The molecule has 3 rings (SSSR count). The van der Waals surface area contributed by atoms with Crippen molar-refractivity contribution in [2.75, 3.05) is 14.2 Å². The number of methoxy groups -OCH3 is 2. The highest BCUT2D eigenvalue weighted by Gasteiger charge is 2.09. The fraction of sp³-hybridized carbons (Fsp3) is 0.158. The van der Waals surface area contributed by atoms with Gasteiger partial charge in [0.25, 0.3) is 0 Å². The second-order valence-electron chi connectivity index (χ2n) is 5.08. The molecule has 0 aliphatic heterocycles. The van der Waals surface area contributed by atoms with Gasteiger partial charge in [0.2, 0.25) is 0 Å². The molecule has 0 spiro atoms. The van der Waals surface area contributed by atoms with Crippen LogP contribution in [-0.2, 0) is 6.61 Å². The van der Waals surface area contributed by atoms with Gasteiger partial charge >= 0.3 is 0 Å². The number of ether oxygens (including phenoxy) is 2. The first kappa shape index (κ1) is 15.6. The quantitative estimate of drug-likeness (QED) is 0.745. The van der Waals surface area contributed by atoms with Crippen LogP contribution in [0.3, 0.4) is 0 Å². The van der Waals surface area contributed by atoms with Gasteiger partial charge < -0.3 is 14.6 Å². The standard InChI is InChI=1S/C19H18O3S/c1-21-16-5-3-4-13(11-16)18-8-9-19(23-18)14-6-7-17(22-2)15(10-14)12-20/h3-11,20H,12H2,1-2H3. The minimum Gasteiger partial charge on any atom is -0.497 e. The summed E-state index contributed by atoms with van der Waals surface area (Å²) in [5.41, 5.74) is 3.01. The van der Waals surface area contributed by atoms with E-state index in [4.69, 9.17) is 9.47 Å². The molecule has 1 heterocycles. The van der Waals surface area contributed by atoms with Crippen molar-refractivity contribution >= 4 is 11.3 Å². The molecule has 3 nitrogen and oxygen atoms in total. The maximum atomic E-state index is 9.47. The molecule has 4 heteroatoms. The summed E-state index contributed by atoms with van der Waals surface area (Å²) in [6, 6.07) is 18.1. The third-order valence-corrected chi connectivity index (χ3v) is 4.88. The Bertz CT molecular complexity index is 808. The van der Waals surface area contributed by atoms with E-state index in [9.17, 15) is 5.11 Å². The van der Waals surface area contributed by atoms with E-state index >= 15 is 0 Å². The summed E-state index contributed by atoms with van der Waals surface area (Å²) in [7, 11) is 3.28. The van der Waals surface area contributed by atoms with E-state index in [1.165, 1.54) is 4.88 Å². The summed E-state index contributed by atoms with van der Waals surface area (Å²) in [6.45, 7) is -0.0366. The SMILES string of the molecule is COc1cccc(-c2ccc(-c3ccc(OC)c(CO)c3)s2)c1. The van der Waals surface area contributed by atoms with Crippen LogP contribution in [0.25, 0.3) is 20.9 Å². The number of aliphatic hydroxyl groups excluding tert-OH is 1. The second kappa shape index (κ2) is 6.86. The molecule has 1 aromatic heterocycles. The molecule has 1 N–H and O–H groups in total. The van der Waals surface area contributed by atoms with Crippen LogP contribution < -0.4 is 9.47 Å². The molecule has 0 aliphatic carbocycles. The fourth-order valence-corrected chi connectivity index (χ4v) is 3.48. The van der Waals surface area contributed by atoms with Gasteiger partial charge in [0.15, 0.2) is 0 Å². The van der Waals surface area contributed by atoms with Crippen molar-refractivity contribution in [1.82, 2.24) is 0 Å². The van der Waals surface area contributed by atoms with E-state index in [1.807, 2.05) is 36.4 Å². The predicted molar refractivity (Wildman–Crippen MR) is 94.2 cm³/mol. The van der Waals surface area contributed by atoms with Crippen LogP contribution in [0.2, 0.25) is 0 Å². The predicted octanol–water partition coefficient (Wildman–Crippen LogP) is 4.59. The van der Waals surface area contributed by atoms with Crippen molar-refractivity contribution in [2.45, 2.75) is 6.61 Å². The molecule has 0 fully saturated rings. The van der Waals surface area contributed by atoms with Gasteiger partial charge in [-0.1, -0.05) is 12.1 Å². The topological polar surface area (TPSA) is 38.7 Å². The molecule has 0 amide bonds. The lowest BCUT2D eigenvalue weighted by Gasteiger charge is -2.07. The zero-order valence-electron chi connectivity index (χ0n) is 13.1. The van der Waals surface area contributed by atoms with Crippen LogP contribution in [-0.4, -0.2) is 19.3 Å². The van der Waals surface area contributed by atoms with Gasteiger partial charge in [0, 0.05) is 15.3 Å². The molecule has 23 heavy (non-hydrogen) atoms. The maximum Gasteiger partial charge on any atom is 0.124 e. The molecule has 0 saturated heterocycles. The summed E-state index contributed by atoms with van der Waals surface area (Å²) >= 11 is 1.71. The molecular weight excluding hydrogens is 308 g/mol. The number of hydrogen-bond donors (Lipinski definition) is 1. The highest BCUT2D eigenvalue weighted by molar-refractivity contribution is 7.18. The number of aliphatic hydroxyl groups is 1. The van der Waals surface area contributed by atoms with Crippen molar-refractivity contribution in [3.63, 3.8) is 0 Å². The number of rotatable bonds is 5. The van der Waals surface area contributed by atoms with Crippen molar-refractivity contribution in [1.29, 1.82) is 0 Å². The fourth-order valence-electron chi connectivity index (χ4n) is 2.48. The highest BCUT2D eigenvalue weighted by atomic mass is 32.1. The Kier molecular flexibility index (Phi) is 4.65. The lowest BCUT2D eigenvalue weighted by atomic mass is 10.1. The monoisotopic (exact) mass is 326 g/mol. The van der Waals surface area contributed by atoms with E-state index < -0.39 is 0 Å². The Morgan fingerprint density at radius 1 is 0.870 bits per heavy atom. The van der Waals surface area contributed by atoms with Gasteiger partial charge in [-0.25, -0.2) is 0 Å². The Balaban J connectivity index is 1.95. The Labute approximate surface area is 139 Å². The summed E-state index contributed by atoms with van der Waals surface area (Å²) in [6.07, 6.45) is 0. The highest BCUT2D eigenvalue weighted by Crippen LogP contribution is 2.37. The first-order valence-electron chi connectivity index (χ1n) is 7.27. The Morgan fingerprint density at radius 3 is 2.26 bits per heavy atom. The zero-order valence-corrected chi connectivity index (χ0v) is 13.9.